The number of rotatable bonds is 5. The molecule has 0 radical (unpaired) electrons. The van der Waals surface area contributed by atoms with Crippen LogP contribution in [0.1, 0.15) is 19.3 Å². The zero-order valence-corrected chi connectivity index (χ0v) is 12.5. The van der Waals surface area contributed by atoms with Gasteiger partial charge in [-0.3, -0.25) is 0 Å². The minimum atomic E-state index is 0.299. The first-order chi connectivity index (χ1) is 9.83. The number of hydrogen-bond donors (Lipinski definition) is 1. The van der Waals surface area contributed by atoms with Gasteiger partial charge in [0.2, 0.25) is 0 Å². The lowest BCUT2D eigenvalue weighted by Gasteiger charge is -2.40. The Morgan fingerprint density at radius 1 is 0.950 bits per heavy atom. The molecule has 1 aliphatic carbocycles. The summed E-state index contributed by atoms with van der Waals surface area (Å²) in [6, 6.07) is 18.7. The highest BCUT2D eigenvalue weighted by molar-refractivity contribution is 7.80. The van der Waals surface area contributed by atoms with Gasteiger partial charge in [0, 0.05) is 11.0 Å². The summed E-state index contributed by atoms with van der Waals surface area (Å²) in [5.41, 5.74) is 2.67. The molecule has 104 valence electrons. The third-order valence-corrected chi connectivity index (χ3v) is 4.93. The first-order valence-electron chi connectivity index (χ1n) is 7.21. The molecule has 1 aliphatic rings. The largest absolute Gasteiger partial charge is 0.492 e. The van der Waals surface area contributed by atoms with Crippen molar-refractivity contribution in [3.63, 3.8) is 0 Å². The summed E-state index contributed by atoms with van der Waals surface area (Å²) < 4.78 is 6.14. The third kappa shape index (κ3) is 2.71. The Labute approximate surface area is 126 Å². The molecule has 0 N–H and O–H groups in total. The maximum absolute atomic E-state index is 6.14. The first-order valence-corrected chi connectivity index (χ1v) is 7.84. The summed E-state index contributed by atoms with van der Waals surface area (Å²) in [5, 5.41) is 0. The van der Waals surface area contributed by atoms with Crippen LogP contribution in [0.3, 0.4) is 0 Å². The van der Waals surface area contributed by atoms with E-state index in [2.05, 4.69) is 55.1 Å². The van der Waals surface area contributed by atoms with Crippen molar-refractivity contribution in [3.05, 3.63) is 54.6 Å². The fraction of sp³-hybridized carbons (Fsp3) is 0.333. The van der Waals surface area contributed by atoms with Crippen LogP contribution in [-0.2, 0) is 0 Å². The van der Waals surface area contributed by atoms with Crippen molar-refractivity contribution in [2.75, 3.05) is 12.4 Å². The minimum absolute atomic E-state index is 0.299. The summed E-state index contributed by atoms with van der Waals surface area (Å²) in [6.07, 6.45) is 3.79. The van der Waals surface area contributed by atoms with Crippen molar-refractivity contribution in [1.82, 2.24) is 0 Å². The van der Waals surface area contributed by atoms with Gasteiger partial charge in [-0.25, -0.2) is 0 Å². The van der Waals surface area contributed by atoms with E-state index < -0.39 is 0 Å². The maximum atomic E-state index is 6.14. The molecule has 0 aliphatic heterocycles. The summed E-state index contributed by atoms with van der Waals surface area (Å²) in [6.45, 7) is 0.778. The van der Waals surface area contributed by atoms with Crippen molar-refractivity contribution in [1.29, 1.82) is 0 Å². The quantitative estimate of drug-likeness (QED) is 0.773. The molecule has 2 aromatic rings. The van der Waals surface area contributed by atoms with Gasteiger partial charge >= 0.3 is 0 Å². The van der Waals surface area contributed by atoms with E-state index in [1.54, 1.807) is 0 Å². The highest BCUT2D eigenvalue weighted by Gasteiger charge is 2.36. The fourth-order valence-corrected chi connectivity index (χ4v) is 3.11. The Hall–Kier alpha value is -1.41. The van der Waals surface area contributed by atoms with E-state index in [0.29, 0.717) is 5.41 Å². The molecule has 0 spiro atoms. The molecule has 0 heterocycles. The van der Waals surface area contributed by atoms with E-state index in [1.165, 1.54) is 30.4 Å². The van der Waals surface area contributed by atoms with Crippen LogP contribution < -0.4 is 4.74 Å². The Balaban J connectivity index is 1.80. The Bertz CT molecular complexity index is 555. The van der Waals surface area contributed by atoms with Crippen molar-refractivity contribution < 1.29 is 4.74 Å². The number of benzene rings is 2. The van der Waals surface area contributed by atoms with E-state index in [9.17, 15) is 0 Å². The molecule has 3 rings (SSSR count). The predicted octanol–water partition coefficient (Wildman–Crippen LogP) is 4.83. The van der Waals surface area contributed by atoms with Gasteiger partial charge in [0.1, 0.15) is 5.75 Å². The maximum Gasteiger partial charge on any atom is 0.127 e. The van der Waals surface area contributed by atoms with Gasteiger partial charge in [-0.15, -0.1) is 0 Å². The van der Waals surface area contributed by atoms with Crippen LogP contribution >= 0.6 is 12.6 Å². The standard InChI is InChI=1S/C18H20OS/c20-14-18(11-6-12-18)13-19-17-10-5-4-9-16(17)15-7-2-1-3-8-15/h1-5,7-10,20H,6,11-14H2. The molecule has 0 bridgehead atoms. The zero-order chi connectivity index (χ0) is 13.8. The molecule has 0 aromatic heterocycles. The summed E-state index contributed by atoms with van der Waals surface area (Å²) in [5.74, 6) is 1.90. The monoisotopic (exact) mass is 284 g/mol. The number of ether oxygens (including phenoxy) is 1. The molecule has 1 saturated carbocycles. The molecule has 2 heteroatoms. The van der Waals surface area contributed by atoms with Crippen LogP contribution in [-0.4, -0.2) is 12.4 Å². The molecule has 0 atom stereocenters. The number of hydrogen-bond acceptors (Lipinski definition) is 2. The SMILES string of the molecule is SCC1(COc2ccccc2-c2ccccc2)CCC1. The molecule has 0 saturated heterocycles. The van der Waals surface area contributed by atoms with Crippen molar-refractivity contribution in [3.8, 4) is 16.9 Å². The summed E-state index contributed by atoms with van der Waals surface area (Å²) in [4.78, 5) is 0. The van der Waals surface area contributed by atoms with Gasteiger partial charge in [0.05, 0.1) is 6.61 Å². The van der Waals surface area contributed by atoms with Crippen molar-refractivity contribution >= 4 is 12.6 Å². The van der Waals surface area contributed by atoms with Gasteiger partial charge in [0.25, 0.3) is 0 Å². The van der Waals surface area contributed by atoms with E-state index >= 15 is 0 Å². The average Bonchev–Trinajstić information content (AvgIpc) is 2.48. The van der Waals surface area contributed by atoms with Gasteiger partial charge < -0.3 is 4.74 Å². The highest BCUT2D eigenvalue weighted by atomic mass is 32.1. The Kier molecular flexibility index (Phi) is 4.02. The Morgan fingerprint density at radius 3 is 2.30 bits per heavy atom. The van der Waals surface area contributed by atoms with Gasteiger partial charge in [-0.2, -0.15) is 12.6 Å². The summed E-state index contributed by atoms with van der Waals surface area (Å²) >= 11 is 4.49. The van der Waals surface area contributed by atoms with E-state index in [1.807, 2.05) is 12.1 Å². The van der Waals surface area contributed by atoms with E-state index in [-0.39, 0.29) is 0 Å². The number of para-hydroxylation sites is 1. The molecule has 1 fully saturated rings. The van der Waals surface area contributed by atoms with Crippen LogP contribution in [0.5, 0.6) is 5.75 Å². The molecule has 2 aromatic carbocycles. The second-order valence-electron chi connectivity index (χ2n) is 5.66. The lowest BCUT2D eigenvalue weighted by atomic mass is 9.71. The normalized spacial score (nSPS) is 16.4. The van der Waals surface area contributed by atoms with Gasteiger partial charge in [-0.05, 0) is 30.2 Å². The minimum Gasteiger partial charge on any atom is -0.492 e. The molecule has 0 unspecified atom stereocenters. The van der Waals surface area contributed by atoms with Crippen molar-refractivity contribution in [2.45, 2.75) is 19.3 Å². The second kappa shape index (κ2) is 5.92. The van der Waals surface area contributed by atoms with E-state index in [0.717, 1.165) is 18.1 Å². The Morgan fingerprint density at radius 2 is 1.65 bits per heavy atom. The van der Waals surface area contributed by atoms with Crippen LogP contribution in [0.25, 0.3) is 11.1 Å². The second-order valence-corrected chi connectivity index (χ2v) is 5.98. The van der Waals surface area contributed by atoms with Gasteiger partial charge in [0.15, 0.2) is 0 Å². The first kappa shape index (κ1) is 13.6. The average molecular weight is 284 g/mol. The van der Waals surface area contributed by atoms with Crippen molar-refractivity contribution in [2.24, 2.45) is 5.41 Å². The molecule has 20 heavy (non-hydrogen) atoms. The molecular formula is C18H20OS. The van der Waals surface area contributed by atoms with E-state index in [4.69, 9.17) is 4.74 Å². The molecule has 0 amide bonds. The smallest absolute Gasteiger partial charge is 0.127 e. The molecule has 1 nitrogen and oxygen atoms in total. The zero-order valence-electron chi connectivity index (χ0n) is 11.6. The van der Waals surface area contributed by atoms with Crippen LogP contribution in [0.2, 0.25) is 0 Å². The topological polar surface area (TPSA) is 9.23 Å². The third-order valence-electron chi connectivity index (χ3n) is 4.26. The lowest BCUT2D eigenvalue weighted by molar-refractivity contribution is 0.0833. The predicted molar refractivity (Wildman–Crippen MR) is 87.5 cm³/mol. The van der Waals surface area contributed by atoms with Crippen LogP contribution in [0.15, 0.2) is 54.6 Å². The summed E-state index contributed by atoms with van der Waals surface area (Å²) in [7, 11) is 0. The highest BCUT2D eigenvalue weighted by Crippen LogP contribution is 2.42. The lowest BCUT2D eigenvalue weighted by Crippen LogP contribution is -2.37. The van der Waals surface area contributed by atoms with Crippen LogP contribution in [0.4, 0.5) is 0 Å². The van der Waals surface area contributed by atoms with Crippen LogP contribution in [0, 0.1) is 5.41 Å². The fourth-order valence-electron chi connectivity index (χ4n) is 2.70. The number of thiol groups is 1. The van der Waals surface area contributed by atoms with Gasteiger partial charge in [-0.1, -0.05) is 55.0 Å². The molecular weight excluding hydrogens is 264 g/mol.